The fraction of sp³-hybridized carbons (Fsp3) is 0.800. The van der Waals surface area contributed by atoms with Gasteiger partial charge in [0, 0.05) is 5.31 Å². The molecule has 0 spiro atoms. The first kappa shape index (κ1) is 20.2. The van der Waals surface area contributed by atoms with Gasteiger partial charge in [-0.25, -0.2) is 0 Å². The molecule has 2 saturated heterocycles. The third-order valence-corrected chi connectivity index (χ3v) is 7.31. The minimum atomic E-state index is -0.330. The Bertz CT molecular complexity index is 591. The minimum Gasteiger partial charge on any atom is -0.403 e. The molecular weight excluding hydrogens is 326 g/mol. The Hall–Kier alpha value is -0.550. The third kappa shape index (κ3) is 3.03. The van der Waals surface area contributed by atoms with Crippen LogP contribution in [0.2, 0.25) is 5.31 Å². The van der Waals surface area contributed by atoms with E-state index in [0.29, 0.717) is 0 Å². The van der Waals surface area contributed by atoms with Crippen LogP contribution in [0.4, 0.5) is 0 Å². The summed E-state index contributed by atoms with van der Waals surface area (Å²) in [6.07, 6.45) is 6.91. The van der Waals surface area contributed by atoms with Gasteiger partial charge in [-0.05, 0) is 80.1 Å². The lowest BCUT2D eigenvalue weighted by atomic mass is 9.50. The lowest BCUT2D eigenvalue weighted by Crippen LogP contribution is -2.41. The smallest absolute Gasteiger partial charge is 0.403 e. The van der Waals surface area contributed by atoms with Gasteiger partial charge in [-0.2, -0.15) is 0 Å². The zero-order valence-corrected chi connectivity index (χ0v) is 17.8. The van der Waals surface area contributed by atoms with E-state index >= 15 is 0 Å². The quantitative estimate of drug-likeness (QED) is 0.538. The number of rotatable bonds is 3. The second kappa shape index (κ2) is 5.97. The predicted molar refractivity (Wildman–Crippen MR) is 107 cm³/mol. The molecule has 0 amide bonds. The van der Waals surface area contributed by atoms with E-state index in [1.165, 1.54) is 5.47 Å². The molecule has 2 heterocycles. The maximum Gasteiger partial charge on any atom is 0.490 e. The zero-order chi connectivity index (χ0) is 19.6. The summed E-state index contributed by atoms with van der Waals surface area (Å²) in [5.74, 6) is 0. The van der Waals surface area contributed by atoms with Gasteiger partial charge in [0.15, 0.2) is 0 Å². The standard InChI is InChI=1S/C20H34B2O4/c1-10-20(22-25-18(6,7)19(8,9)26-22)13-11-15(12-14-20)21-23-16(2,3)17(4,5)24-21/h10-11H,1,12-14H2,2-9H3. The first-order valence-corrected chi connectivity index (χ1v) is 9.79. The molecule has 144 valence electrons. The third-order valence-electron chi connectivity index (χ3n) is 7.31. The SMILES string of the molecule is C=CC1(B2OC(C)(C)C(C)(C)O2)CC=C(B2OC(C)(C)C(C)(C)O2)CC1. The van der Waals surface area contributed by atoms with E-state index in [1.54, 1.807) is 0 Å². The molecule has 4 nitrogen and oxygen atoms in total. The van der Waals surface area contributed by atoms with Gasteiger partial charge in [-0.3, -0.25) is 0 Å². The van der Waals surface area contributed by atoms with Crippen molar-refractivity contribution in [2.24, 2.45) is 0 Å². The molecular formula is C20H34B2O4. The Morgan fingerprint density at radius 1 is 0.846 bits per heavy atom. The van der Waals surface area contributed by atoms with Crippen molar-refractivity contribution >= 4 is 14.2 Å². The van der Waals surface area contributed by atoms with Crippen molar-refractivity contribution in [3.8, 4) is 0 Å². The average Bonchev–Trinajstić information content (AvgIpc) is 2.87. The van der Waals surface area contributed by atoms with Crippen LogP contribution in [0.15, 0.2) is 24.2 Å². The molecule has 6 heteroatoms. The van der Waals surface area contributed by atoms with Crippen LogP contribution in [-0.2, 0) is 18.6 Å². The monoisotopic (exact) mass is 360 g/mol. The molecule has 26 heavy (non-hydrogen) atoms. The van der Waals surface area contributed by atoms with Gasteiger partial charge in [-0.15, -0.1) is 6.58 Å². The van der Waals surface area contributed by atoms with E-state index in [2.05, 4.69) is 68.0 Å². The number of allylic oxidation sites excluding steroid dienone is 3. The van der Waals surface area contributed by atoms with E-state index in [1.807, 2.05) is 6.08 Å². The van der Waals surface area contributed by atoms with Gasteiger partial charge in [0.25, 0.3) is 0 Å². The topological polar surface area (TPSA) is 36.9 Å². The van der Waals surface area contributed by atoms with E-state index in [9.17, 15) is 0 Å². The second-order valence-electron chi connectivity index (χ2n) is 10.1. The highest BCUT2D eigenvalue weighted by Gasteiger charge is 2.59. The molecule has 0 N–H and O–H groups in total. The van der Waals surface area contributed by atoms with E-state index in [4.69, 9.17) is 18.6 Å². The fourth-order valence-electron chi connectivity index (χ4n) is 3.68. The average molecular weight is 360 g/mol. The van der Waals surface area contributed by atoms with E-state index in [-0.39, 0.29) is 42.0 Å². The van der Waals surface area contributed by atoms with Crippen LogP contribution in [-0.4, -0.2) is 36.6 Å². The minimum absolute atomic E-state index is 0.210. The summed E-state index contributed by atoms with van der Waals surface area (Å²) in [7, 11) is -0.540. The normalized spacial score (nSPS) is 34.7. The number of hydrogen-bond acceptors (Lipinski definition) is 4. The van der Waals surface area contributed by atoms with Crippen molar-refractivity contribution in [2.75, 3.05) is 0 Å². The van der Waals surface area contributed by atoms with Crippen molar-refractivity contribution in [2.45, 2.75) is 102 Å². The highest BCUT2D eigenvalue weighted by molar-refractivity contribution is 6.55. The van der Waals surface area contributed by atoms with Gasteiger partial charge in [0.1, 0.15) is 0 Å². The van der Waals surface area contributed by atoms with Gasteiger partial charge < -0.3 is 18.6 Å². The summed E-state index contributed by atoms with van der Waals surface area (Å²) in [5, 5.41) is -0.210. The fourth-order valence-corrected chi connectivity index (χ4v) is 3.68. The van der Waals surface area contributed by atoms with Crippen LogP contribution in [0.5, 0.6) is 0 Å². The predicted octanol–water partition coefficient (Wildman–Crippen LogP) is 4.75. The van der Waals surface area contributed by atoms with Crippen molar-refractivity contribution in [3.63, 3.8) is 0 Å². The van der Waals surface area contributed by atoms with Gasteiger partial charge >= 0.3 is 14.2 Å². The molecule has 1 unspecified atom stereocenters. The molecule has 2 fully saturated rings. The largest absolute Gasteiger partial charge is 0.490 e. The van der Waals surface area contributed by atoms with Crippen LogP contribution < -0.4 is 0 Å². The summed E-state index contributed by atoms with van der Waals surface area (Å²) < 4.78 is 25.1. The molecule has 0 saturated carbocycles. The van der Waals surface area contributed by atoms with Crippen LogP contribution in [0, 0.1) is 0 Å². The Labute approximate surface area is 160 Å². The van der Waals surface area contributed by atoms with Gasteiger partial charge in [-0.1, -0.05) is 12.2 Å². The first-order valence-electron chi connectivity index (χ1n) is 9.79. The van der Waals surface area contributed by atoms with Crippen molar-refractivity contribution in [3.05, 3.63) is 24.2 Å². The van der Waals surface area contributed by atoms with Gasteiger partial charge in [0.2, 0.25) is 0 Å². The Kier molecular flexibility index (Phi) is 4.64. The van der Waals surface area contributed by atoms with Crippen molar-refractivity contribution < 1.29 is 18.6 Å². The molecule has 3 rings (SSSR count). The van der Waals surface area contributed by atoms with Crippen molar-refractivity contribution in [1.82, 2.24) is 0 Å². The maximum absolute atomic E-state index is 6.34. The number of hydrogen-bond donors (Lipinski definition) is 0. The molecule has 3 aliphatic rings. The summed E-state index contributed by atoms with van der Waals surface area (Å²) in [6.45, 7) is 20.9. The first-order chi connectivity index (χ1) is 11.8. The lowest BCUT2D eigenvalue weighted by molar-refractivity contribution is 0.00578. The lowest BCUT2D eigenvalue weighted by Gasteiger charge is -2.35. The van der Waals surface area contributed by atoms with Crippen LogP contribution in [0.1, 0.15) is 74.7 Å². The highest BCUT2D eigenvalue weighted by Crippen LogP contribution is 2.53. The summed E-state index contributed by atoms with van der Waals surface area (Å²) in [5.41, 5.74) is -0.0566. The summed E-state index contributed by atoms with van der Waals surface area (Å²) in [4.78, 5) is 0. The maximum atomic E-state index is 6.34. The Balaban J connectivity index is 1.77. The van der Waals surface area contributed by atoms with Crippen molar-refractivity contribution in [1.29, 1.82) is 0 Å². The Morgan fingerprint density at radius 2 is 1.31 bits per heavy atom. The molecule has 1 atom stereocenters. The second-order valence-corrected chi connectivity index (χ2v) is 10.1. The van der Waals surface area contributed by atoms with Gasteiger partial charge in [0.05, 0.1) is 22.4 Å². The highest BCUT2D eigenvalue weighted by atomic mass is 16.7. The summed E-state index contributed by atoms with van der Waals surface area (Å²) in [6, 6.07) is 0. The van der Waals surface area contributed by atoms with E-state index < -0.39 is 0 Å². The van der Waals surface area contributed by atoms with Crippen LogP contribution in [0.25, 0.3) is 0 Å². The molecule has 1 aliphatic carbocycles. The molecule has 0 aromatic carbocycles. The summed E-state index contributed by atoms with van der Waals surface area (Å²) >= 11 is 0. The molecule has 2 aliphatic heterocycles. The van der Waals surface area contributed by atoms with Crippen LogP contribution >= 0.6 is 0 Å². The van der Waals surface area contributed by atoms with E-state index in [0.717, 1.165) is 19.3 Å². The molecule has 0 radical (unpaired) electrons. The van der Waals surface area contributed by atoms with Crippen LogP contribution in [0.3, 0.4) is 0 Å². The molecule has 0 bridgehead atoms. The Morgan fingerprint density at radius 3 is 1.69 bits per heavy atom. The molecule has 0 aromatic rings. The zero-order valence-electron chi connectivity index (χ0n) is 17.8. The molecule has 0 aromatic heterocycles.